The number of hydrogen-bond acceptors (Lipinski definition) is 3. The van der Waals surface area contributed by atoms with Crippen molar-refractivity contribution in [1.29, 1.82) is 0 Å². The van der Waals surface area contributed by atoms with Crippen LogP contribution in [0.3, 0.4) is 0 Å². The molecule has 0 atom stereocenters. The standard InChI is InChI=1S/C23H28ClN5O2/c1-2-26-23(27-16-17-6-8-19(9-7-17)22(25)31)29-12-10-28(11-13-29)21(30)15-18-4-3-5-20(24)14-18/h3-9,14H,2,10-13,15-16H2,1H3,(H2,25,31)(H,26,27). The summed E-state index contributed by atoms with van der Waals surface area (Å²) >= 11 is 6.02. The van der Waals surface area contributed by atoms with Gasteiger partial charge in [0.15, 0.2) is 5.96 Å². The van der Waals surface area contributed by atoms with E-state index in [1.54, 1.807) is 12.1 Å². The number of rotatable bonds is 6. The molecule has 0 spiro atoms. The van der Waals surface area contributed by atoms with Crippen LogP contribution in [-0.2, 0) is 17.8 Å². The molecule has 164 valence electrons. The van der Waals surface area contributed by atoms with Crippen molar-refractivity contribution in [2.24, 2.45) is 10.7 Å². The molecule has 1 heterocycles. The maximum atomic E-state index is 12.7. The first-order valence-corrected chi connectivity index (χ1v) is 10.8. The van der Waals surface area contributed by atoms with Crippen molar-refractivity contribution >= 4 is 29.4 Å². The second-order valence-corrected chi connectivity index (χ2v) is 7.84. The molecule has 3 rings (SSSR count). The molecule has 3 N–H and O–H groups in total. The van der Waals surface area contributed by atoms with Crippen LogP contribution < -0.4 is 11.1 Å². The Labute approximate surface area is 187 Å². The quantitative estimate of drug-likeness (QED) is 0.531. The van der Waals surface area contributed by atoms with Crippen LogP contribution in [0.4, 0.5) is 0 Å². The number of piperazine rings is 1. The minimum atomic E-state index is -0.439. The number of carbonyl (C=O) groups excluding carboxylic acids is 2. The fourth-order valence-corrected chi connectivity index (χ4v) is 3.68. The maximum Gasteiger partial charge on any atom is 0.248 e. The minimum absolute atomic E-state index is 0.110. The first-order chi connectivity index (χ1) is 15.0. The number of primary amides is 1. The van der Waals surface area contributed by atoms with Crippen LogP contribution in [-0.4, -0.2) is 60.3 Å². The van der Waals surface area contributed by atoms with E-state index < -0.39 is 5.91 Å². The molecule has 1 fully saturated rings. The highest BCUT2D eigenvalue weighted by Gasteiger charge is 2.23. The summed E-state index contributed by atoms with van der Waals surface area (Å²) in [7, 11) is 0. The highest BCUT2D eigenvalue weighted by molar-refractivity contribution is 6.30. The van der Waals surface area contributed by atoms with Crippen LogP contribution >= 0.6 is 11.6 Å². The molecule has 31 heavy (non-hydrogen) atoms. The molecular formula is C23H28ClN5O2. The lowest BCUT2D eigenvalue weighted by Crippen LogP contribution is -2.54. The molecule has 0 radical (unpaired) electrons. The summed E-state index contributed by atoms with van der Waals surface area (Å²) in [6.07, 6.45) is 0.357. The molecule has 0 saturated carbocycles. The van der Waals surface area contributed by atoms with Gasteiger partial charge in [-0.1, -0.05) is 35.9 Å². The molecule has 0 unspecified atom stereocenters. The summed E-state index contributed by atoms with van der Waals surface area (Å²) in [4.78, 5) is 32.6. The Bertz CT molecular complexity index is 937. The average Bonchev–Trinajstić information content (AvgIpc) is 2.77. The molecule has 2 amide bonds. The lowest BCUT2D eigenvalue weighted by molar-refractivity contribution is -0.131. The zero-order valence-corrected chi connectivity index (χ0v) is 18.4. The van der Waals surface area contributed by atoms with E-state index in [-0.39, 0.29) is 5.91 Å². The Morgan fingerprint density at radius 3 is 2.32 bits per heavy atom. The van der Waals surface area contributed by atoms with Crippen molar-refractivity contribution in [3.05, 3.63) is 70.2 Å². The number of carbonyl (C=O) groups is 2. The van der Waals surface area contributed by atoms with E-state index in [2.05, 4.69) is 10.2 Å². The van der Waals surface area contributed by atoms with Crippen LogP contribution in [0, 0.1) is 0 Å². The van der Waals surface area contributed by atoms with Gasteiger partial charge in [0.1, 0.15) is 0 Å². The fourth-order valence-electron chi connectivity index (χ4n) is 3.47. The third-order valence-electron chi connectivity index (χ3n) is 5.16. The van der Waals surface area contributed by atoms with E-state index in [0.717, 1.165) is 23.6 Å². The summed E-state index contributed by atoms with van der Waals surface area (Å²) in [5, 5.41) is 3.97. The van der Waals surface area contributed by atoms with Crippen molar-refractivity contribution in [2.75, 3.05) is 32.7 Å². The van der Waals surface area contributed by atoms with E-state index in [1.807, 2.05) is 48.2 Å². The van der Waals surface area contributed by atoms with E-state index in [0.29, 0.717) is 49.7 Å². The zero-order chi connectivity index (χ0) is 22.2. The van der Waals surface area contributed by atoms with Gasteiger partial charge in [-0.2, -0.15) is 0 Å². The van der Waals surface area contributed by atoms with Crippen molar-refractivity contribution in [1.82, 2.24) is 15.1 Å². The molecule has 2 aromatic rings. The number of benzene rings is 2. The summed E-state index contributed by atoms with van der Waals surface area (Å²) in [6.45, 7) is 6.01. The minimum Gasteiger partial charge on any atom is -0.366 e. The number of nitrogens with zero attached hydrogens (tertiary/aromatic N) is 3. The molecule has 1 aliphatic heterocycles. The highest BCUT2D eigenvalue weighted by atomic mass is 35.5. The normalized spacial score (nSPS) is 14.5. The number of nitrogens with one attached hydrogen (secondary N) is 1. The Hall–Kier alpha value is -3.06. The number of hydrogen-bond donors (Lipinski definition) is 2. The van der Waals surface area contributed by atoms with E-state index in [4.69, 9.17) is 22.3 Å². The Balaban J connectivity index is 1.56. The first kappa shape index (κ1) is 22.6. The molecule has 2 aromatic carbocycles. The van der Waals surface area contributed by atoms with Gasteiger partial charge in [0.05, 0.1) is 13.0 Å². The van der Waals surface area contributed by atoms with Gasteiger partial charge in [-0.25, -0.2) is 4.99 Å². The second-order valence-electron chi connectivity index (χ2n) is 7.41. The lowest BCUT2D eigenvalue weighted by atomic mass is 10.1. The predicted octanol–water partition coefficient (Wildman–Crippen LogP) is 2.29. The van der Waals surface area contributed by atoms with Crippen molar-refractivity contribution in [3.63, 3.8) is 0 Å². The third kappa shape index (κ3) is 6.46. The Morgan fingerprint density at radius 1 is 1.03 bits per heavy atom. The van der Waals surface area contributed by atoms with E-state index in [1.165, 1.54) is 0 Å². The van der Waals surface area contributed by atoms with Gasteiger partial charge < -0.3 is 20.9 Å². The van der Waals surface area contributed by atoms with Gasteiger partial charge in [-0.3, -0.25) is 9.59 Å². The Kier molecular flexibility index (Phi) is 7.89. The summed E-state index contributed by atoms with van der Waals surface area (Å²) < 4.78 is 0. The summed E-state index contributed by atoms with van der Waals surface area (Å²) in [5.41, 5.74) is 7.70. The molecule has 1 aliphatic rings. The number of amides is 2. The predicted molar refractivity (Wildman–Crippen MR) is 123 cm³/mol. The smallest absolute Gasteiger partial charge is 0.248 e. The maximum absolute atomic E-state index is 12.7. The van der Waals surface area contributed by atoms with Gasteiger partial charge in [0.25, 0.3) is 0 Å². The largest absolute Gasteiger partial charge is 0.366 e. The molecule has 8 heteroatoms. The van der Waals surface area contributed by atoms with Crippen LogP contribution in [0.5, 0.6) is 0 Å². The lowest BCUT2D eigenvalue weighted by Gasteiger charge is -2.36. The van der Waals surface area contributed by atoms with Crippen LogP contribution in [0.2, 0.25) is 5.02 Å². The summed E-state index contributed by atoms with van der Waals surface area (Å²) in [6, 6.07) is 14.6. The molecular weight excluding hydrogens is 414 g/mol. The van der Waals surface area contributed by atoms with Gasteiger partial charge in [-0.15, -0.1) is 0 Å². The SMILES string of the molecule is CCNC(=NCc1ccc(C(N)=O)cc1)N1CCN(C(=O)Cc2cccc(Cl)c2)CC1. The Morgan fingerprint density at radius 2 is 1.71 bits per heavy atom. The van der Waals surface area contributed by atoms with Crippen LogP contribution in [0.25, 0.3) is 0 Å². The monoisotopic (exact) mass is 441 g/mol. The van der Waals surface area contributed by atoms with Gasteiger partial charge in [-0.05, 0) is 42.3 Å². The van der Waals surface area contributed by atoms with Gasteiger partial charge in [0.2, 0.25) is 11.8 Å². The number of halogens is 1. The van der Waals surface area contributed by atoms with Gasteiger partial charge >= 0.3 is 0 Å². The molecule has 0 aliphatic carbocycles. The van der Waals surface area contributed by atoms with Crippen molar-refractivity contribution in [2.45, 2.75) is 19.9 Å². The fraction of sp³-hybridized carbons (Fsp3) is 0.348. The summed E-state index contributed by atoms with van der Waals surface area (Å²) in [5.74, 6) is 0.494. The molecule has 0 bridgehead atoms. The third-order valence-corrected chi connectivity index (χ3v) is 5.40. The molecule has 0 aromatic heterocycles. The second kappa shape index (κ2) is 10.8. The van der Waals surface area contributed by atoms with E-state index in [9.17, 15) is 9.59 Å². The highest BCUT2D eigenvalue weighted by Crippen LogP contribution is 2.13. The van der Waals surface area contributed by atoms with Crippen LogP contribution in [0.1, 0.15) is 28.4 Å². The topological polar surface area (TPSA) is 91.0 Å². The number of nitrogens with two attached hydrogens (primary N) is 1. The number of guanidine groups is 1. The average molecular weight is 442 g/mol. The van der Waals surface area contributed by atoms with Gasteiger partial charge in [0, 0.05) is 43.3 Å². The zero-order valence-electron chi connectivity index (χ0n) is 17.7. The number of aliphatic imine (C=N–C) groups is 1. The first-order valence-electron chi connectivity index (χ1n) is 10.4. The van der Waals surface area contributed by atoms with Crippen LogP contribution in [0.15, 0.2) is 53.5 Å². The molecule has 1 saturated heterocycles. The van der Waals surface area contributed by atoms with Crippen molar-refractivity contribution in [3.8, 4) is 0 Å². The molecule has 7 nitrogen and oxygen atoms in total. The van der Waals surface area contributed by atoms with Crippen molar-refractivity contribution < 1.29 is 9.59 Å². The van der Waals surface area contributed by atoms with E-state index >= 15 is 0 Å².